The highest BCUT2D eigenvalue weighted by Crippen LogP contribution is 2.17. The van der Waals surface area contributed by atoms with Gasteiger partial charge in [-0.2, -0.15) is 0 Å². The number of likely N-dealkylation sites (tertiary alicyclic amines) is 1. The molecule has 0 aromatic heterocycles. The Hall–Kier alpha value is -1.91. The van der Waals surface area contributed by atoms with E-state index in [1.807, 2.05) is 6.07 Å². The molecule has 0 atom stereocenters. The van der Waals surface area contributed by atoms with Crippen molar-refractivity contribution in [1.29, 1.82) is 0 Å². The second kappa shape index (κ2) is 7.38. The number of carbonyl (C=O) groups excluding carboxylic acids is 2. The maximum absolute atomic E-state index is 13.2. The molecule has 1 aromatic rings. The third-order valence-electron chi connectivity index (χ3n) is 4.25. The van der Waals surface area contributed by atoms with Gasteiger partial charge < -0.3 is 10.2 Å². The van der Waals surface area contributed by atoms with Crippen LogP contribution in [-0.4, -0.2) is 36.3 Å². The van der Waals surface area contributed by atoms with Crippen molar-refractivity contribution in [2.75, 3.05) is 19.6 Å². The molecule has 0 spiro atoms. The number of benzene rings is 1. The van der Waals surface area contributed by atoms with E-state index < -0.39 is 0 Å². The van der Waals surface area contributed by atoms with Gasteiger partial charge in [-0.05, 0) is 43.4 Å². The lowest BCUT2D eigenvalue weighted by Gasteiger charge is -2.30. The fraction of sp³-hybridized carbons (Fsp3) is 0.529. The minimum Gasteiger partial charge on any atom is -0.356 e. The predicted molar refractivity (Wildman–Crippen MR) is 82.8 cm³/mol. The van der Waals surface area contributed by atoms with Crippen LogP contribution in [0.3, 0.4) is 0 Å². The maximum atomic E-state index is 13.2. The van der Waals surface area contributed by atoms with Crippen LogP contribution in [0.25, 0.3) is 0 Å². The Bertz CT molecular complexity index is 552. The Morgan fingerprint density at radius 3 is 2.59 bits per heavy atom. The van der Waals surface area contributed by atoms with Crippen LogP contribution in [0.15, 0.2) is 18.2 Å². The number of nitrogens with zero attached hydrogens (tertiary/aromatic N) is 1. The molecule has 120 valence electrons. The van der Waals surface area contributed by atoms with Gasteiger partial charge in [0.2, 0.25) is 11.8 Å². The molecule has 0 aliphatic carbocycles. The Morgan fingerprint density at radius 2 is 2.00 bits per heavy atom. The van der Waals surface area contributed by atoms with Crippen LogP contribution in [0, 0.1) is 18.7 Å². The summed E-state index contributed by atoms with van der Waals surface area (Å²) in [5.41, 5.74) is 1.64. The molecule has 1 fully saturated rings. The molecular formula is C17H23FN2O2. The Morgan fingerprint density at radius 1 is 1.32 bits per heavy atom. The summed E-state index contributed by atoms with van der Waals surface area (Å²) in [6.07, 6.45) is 2.14. The van der Waals surface area contributed by atoms with Gasteiger partial charge in [0.1, 0.15) is 5.82 Å². The number of nitrogens with one attached hydrogen (secondary N) is 1. The van der Waals surface area contributed by atoms with E-state index in [0.717, 1.165) is 18.4 Å². The van der Waals surface area contributed by atoms with Crippen molar-refractivity contribution in [1.82, 2.24) is 10.2 Å². The van der Waals surface area contributed by atoms with Crippen LogP contribution >= 0.6 is 0 Å². The predicted octanol–water partition coefficient (Wildman–Crippen LogP) is 2.05. The second-order valence-electron chi connectivity index (χ2n) is 5.90. The van der Waals surface area contributed by atoms with Gasteiger partial charge in [-0.25, -0.2) is 4.39 Å². The van der Waals surface area contributed by atoms with Gasteiger partial charge in [-0.1, -0.05) is 12.1 Å². The average molecular weight is 306 g/mol. The molecule has 0 saturated carbocycles. The van der Waals surface area contributed by atoms with E-state index in [0.29, 0.717) is 31.6 Å². The van der Waals surface area contributed by atoms with E-state index in [-0.39, 0.29) is 23.5 Å². The SMILES string of the molecule is CC(=O)N1CCC(C(=O)NCCc2ccc(F)c(C)c2)CC1. The summed E-state index contributed by atoms with van der Waals surface area (Å²) in [4.78, 5) is 25.1. The van der Waals surface area contributed by atoms with Crippen molar-refractivity contribution in [3.63, 3.8) is 0 Å². The lowest BCUT2D eigenvalue weighted by molar-refractivity contribution is -0.133. The number of rotatable bonds is 4. The molecule has 1 heterocycles. The molecule has 1 aromatic carbocycles. The topological polar surface area (TPSA) is 49.4 Å². The highest BCUT2D eigenvalue weighted by Gasteiger charge is 2.25. The first-order chi connectivity index (χ1) is 10.5. The molecule has 0 radical (unpaired) electrons. The first kappa shape index (κ1) is 16.5. The molecule has 0 bridgehead atoms. The summed E-state index contributed by atoms with van der Waals surface area (Å²) in [7, 11) is 0. The molecule has 4 nitrogen and oxygen atoms in total. The fourth-order valence-corrected chi connectivity index (χ4v) is 2.79. The van der Waals surface area contributed by atoms with Crippen molar-refractivity contribution in [3.8, 4) is 0 Å². The molecule has 1 N–H and O–H groups in total. The number of halogens is 1. The normalized spacial score (nSPS) is 15.7. The fourth-order valence-electron chi connectivity index (χ4n) is 2.79. The lowest BCUT2D eigenvalue weighted by Crippen LogP contribution is -2.42. The lowest BCUT2D eigenvalue weighted by atomic mass is 9.96. The molecule has 2 rings (SSSR count). The third-order valence-corrected chi connectivity index (χ3v) is 4.25. The van der Waals surface area contributed by atoms with Gasteiger partial charge in [-0.3, -0.25) is 9.59 Å². The van der Waals surface area contributed by atoms with Crippen molar-refractivity contribution >= 4 is 11.8 Å². The summed E-state index contributed by atoms with van der Waals surface area (Å²) in [5.74, 6) is -0.0804. The molecule has 1 saturated heterocycles. The van der Waals surface area contributed by atoms with E-state index in [2.05, 4.69) is 5.32 Å². The zero-order chi connectivity index (χ0) is 16.1. The number of hydrogen-bond donors (Lipinski definition) is 1. The summed E-state index contributed by atoms with van der Waals surface area (Å²) in [5, 5.41) is 2.94. The van der Waals surface area contributed by atoms with E-state index >= 15 is 0 Å². The van der Waals surface area contributed by atoms with Gasteiger partial charge in [0.05, 0.1) is 0 Å². The zero-order valence-corrected chi connectivity index (χ0v) is 13.2. The van der Waals surface area contributed by atoms with Gasteiger partial charge in [0.25, 0.3) is 0 Å². The van der Waals surface area contributed by atoms with Crippen molar-refractivity contribution < 1.29 is 14.0 Å². The molecule has 0 unspecified atom stereocenters. The van der Waals surface area contributed by atoms with E-state index in [9.17, 15) is 14.0 Å². The van der Waals surface area contributed by atoms with Gasteiger partial charge >= 0.3 is 0 Å². The first-order valence-electron chi connectivity index (χ1n) is 7.75. The quantitative estimate of drug-likeness (QED) is 0.925. The second-order valence-corrected chi connectivity index (χ2v) is 5.90. The zero-order valence-electron chi connectivity index (χ0n) is 13.2. The average Bonchev–Trinajstić information content (AvgIpc) is 2.51. The van der Waals surface area contributed by atoms with Gasteiger partial charge in [-0.15, -0.1) is 0 Å². The molecule has 2 amide bonds. The summed E-state index contributed by atoms with van der Waals surface area (Å²) in [6.45, 7) is 5.16. The van der Waals surface area contributed by atoms with Gasteiger partial charge in [0, 0.05) is 32.5 Å². The molecule has 5 heteroatoms. The van der Waals surface area contributed by atoms with Crippen LogP contribution in [0.5, 0.6) is 0 Å². The van der Waals surface area contributed by atoms with E-state index in [1.54, 1.807) is 24.8 Å². The third kappa shape index (κ3) is 4.29. The van der Waals surface area contributed by atoms with Crippen molar-refractivity contribution in [3.05, 3.63) is 35.1 Å². The number of hydrogen-bond acceptors (Lipinski definition) is 2. The Balaban J connectivity index is 1.74. The van der Waals surface area contributed by atoms with Crippen LogP contribution in [-0.2, 0) is 16.0 Å². The standard InChI is InChI=1S/C17H23FN2O2/c1-12-11-14(3-4-16(12)18)5-8-19-17(22)15-6-9-20(10-7-15)13(2)21/h3-4,11,15H,5-10H2,1-2H3,(H,19,22). The summed E-state index contributed by atoms with van der Waals surface area (Å²) < 4.78 is 13.2. The number of carbonyl (C=O) groups is 2. The highest BCUT2D eigenvalue weighted by atomic mass is 19.1. The maximum Gasteiger partial charge on any atom is 0.223 e. The highest BCUT2D eigenvalue weighted by molar-refractivity contribution is 5.79. The first-order valence-corrected chi connectivity index (χ1v) is 7.75. The smallest absolute Gasteiger partial charge is 0.223 e. The minimum atomic E-state index is -0.204. The van der Waals surface area contributed by atoms with Crippen LogP contribution in [0.2, 0.25) is 0 Å². The number of piperidine rings is 1. The van der Waals surface area contributed by atoms with Crippen LogP contribution in [0.4, 0.5) is 4.39 Å². The number of amides is 2. The Kier molecular flexibility index (Phi) is 5.52. The van der Waals surface area contributed by atoms with Crippen LogP contribution < -0.4 is 5.32 Å². The van der Waals surface area contributed by atoms with Crippen molar-refractivity contribution in [2.45, 2.75) is 33.1 Å². The van der Waals surface area contributed by atoms with Crippen LogP contribution in [0.1, 0.15) is 30.9 Å². The molecule has 1 aliphatic heterocycles. The summed E-state index contributed by atoms with van der Waals surface area (Å²) in [6, 6.07) is 5.02. The monoisotopic (exact) mass is 306 g/mol. The largest absolute Gasteiger partial charge is 0.356 e. The number of aryl methyl sites for hydroxylation is 1. The van der Waals surface area contributed by atoms with Crippen molar-refractivity contribution in [2.24, 2.45) is 5.92 Å². The van der Waals surface area contributed by atoms with Gasteiger partial charge in [0.15, 0.2) is 0 Å². The molecule has 1 aliphatic rings. The minimum absolute atomic E-state index is 0.00875. The molecule has 22 heavy (non-hydrogen) atoms. The Labute approximate surface area is 130 Å². The molecular weight excluding hydrogens is 283 g/mol. The van der Waals surface area contributed by atoms with E-state index in [4.69, 9.17) is 0 Å². The summed E-state index contributed by atoms with van der Waals surface area (Å²) >= 11 is 0. The van der Waals surface area contributed by atoms with E-state index in [1.165, 1.54) is 6.07 Å².